The average Bonchev–Trinajstić information content (AvgIpc) is 3.35. The van der Waals surface area contributed by atoms with Crippen LogP contribution in [-0.2, 0) is 16.4 Å². The molecular formula is C41H44N2+2. The summed E-state index contributed by atoms with van der Waals surface area (Å²) in [6.07, 6.45) is 6.89. The number of hydrogen-bond donors (Lipinski definition) is 0. The molecule has 3 aromatic carbocycles. The topological polar surface area (TPSA) is 7.76 Å². The molecule has 216 valence electrons. The molecule has 2 aliphatic heterocycles. The SMILES string of the molecule is CCC1(C2c3ccccc3-c3cc(C(C)(C)C)c(-c4ccccc4)c[n+]32)c2ccccc2-c2c(C)ccc[n+]2C1(C)CC. The summed E-state index contributed by atoms with van der Waals surface area (Å²) in [6, 6.07) is 36.6. The number of hydrogen-bond acceptors (Lipinski definition) is 0. The summed E-state index contributed by atoms with van der Waals surface area (Å²) >= 11 is 0. The van der Waals surface area contributed by atoms with E-state index in [1.807, 2.05) is 0 Å². The van der Waals surface area contributed by atoms with Gasteiger partial charge in [-0.1, -0.05) is 101 Å². The van der Waals surface area contributed by atoms with Crippen molar-refractivity contribution < 1.29 is 9.13 Å². The fourth-order valence-corrected chi connectivity index (χ4v) is 8.73. The fourth-order valence-electron chi connectivity index (χ4n) is 8.73. The Bertz CT molecular complexity index is 1860. The highest BCUT2D eigenvalue weighted by atomic mass is 15.1. The molecule has 2 nitrogen and oxygen atoms in total. The van der Waals surface area contributed by atoms with Crippen molar-refractivity contribution in [2.45, 2.75) is 83.7 Å². The van der Waals surface area contributed by atoms with Crippen molar-refractivity contribution in [1.29, 1.82) is 0 Å². The lowest BCUT2D eigenvalue weighted by Crippen LogP contribution is -2.72. The first-order valence-electron chi connectivity index (χ1n) is 16.0. The predicted octanol–water partition coefficient (Wildman–Crippen LogP) is 9.26. The van der Waals surface area contributed by atoms with Gasteiger partial charge in [0.25, 0.3) is 0 Å². The maximum atomic E-state index is 2.66. The van der Waals surface area contributed by atoms with Crippen LogP contribution in [0, 0.1) is 6.92 Å². The highest BCUT2D eigenvalue weighted by molar-refractivity contribution is 5.74. The minimum atomic E-state index is -0.201. The van der Waals surface area contributed by atoms with Gasteiger partial charge in [-0.05, 0) is 53.6 Å². The summed E-state index contributed by atoms with van der Waals surface area (Å²) in [5.41, 5.74) is 13.3. The number of aromatic nitrogens is 2. The maximum Gasteiger partial charge on any atom is 0.216 e. The molecule has 0 aliphatic carbocycles. The molecule has 3 unspecified atom stereocenters. The lowest BCUT2D eigenvalue weighted by atomic mass is 9.55. The van der Waals surface area contributed by atoms with Crippen molar-refractivity contribution in [1.82, 2.24) is 0 Å². The number of nitrogens with zero attached hydrogens (tertiary/aromatic N) is 2. The Balaban J connectivity index is 1.62. The first kappa shape index (κ1) is 27.8. The average molecular weight is 565 g/mol. The third-order valence-electron chi connectivity index (χ3n) is 10.9. The molecule has 2 aromatic heterocycles. The summed E-state index contributed by atoms with van der Waals surface area (Å²) in [5, 5.41) is 0. The molecule has 5 aromatic rings. The molecule has 3 atom stereocenters. The normalized spacial score (nSPS) is 22.0. The molecule has 7 rings (SSSR count). The Morgan fingerprint density at radius 2 is 1.42 bits per heavy atom. The Morgan fingerprint density at radius 1 is 0.744 bits per heavy atom. The standard InChI is InChI=1S/C41H44N2/c1-8-40(7)41(9-2,34-24-16-15-23-32(34)37-28(3)18-17-25-43(37)40)38-31-22-14-13-21-30(31)36-26-35(39(4,5)6)33(27-42(36)38)29-19-11-10-12-20-29/h10-27,38H,8-9H2,1-7H3/q+2. The van der Waals surface area contributed by atoms with Crippen molar-refractivity contribution in [2.24, 2.45) is 0 Å². The second kappa shape index (κ2) is 9.74. The van der Waals surface area contributed by atoms with Gasteiger partial charge in [0.05, 0.1) is 11.1 Å². The molecule has 2 aliphatic rings. The van der Waals surface area contributed by atoms with E-state index in [1.165, 1.54) is 55.9 Å². The summed E-state index contributed by atoms with van der Waals surface area (Å²) in [5.74, 6) is 0. The van der Waals surface area contributed by atoms with Crippen molar-refractivity contribution in [3.05, 3.63) is 132 Å². The number of rotatable bonds is 4. The van der Waals surface area contributed by atoms with Crippen LogP contribution in [0.5, 0.6) is 0 Å². The Hall–Kier alpha value is -4.04. The van der Waals surface area contributed by atoms with Gasteiger partial charge in [-0.15, -0.1) is 0 Å². The molecule has 0 fully saturated rings. The number of benzene rings is 3. The molecule has 0 saturated carbocycles. The van der Waals surface area contributed by atoms with Gasteiger partial charge in [-0.25, -0.2) is 0 Å². The highest BCUT2D eigenvalue weighted by Crippen LogP contribution is 2.58. The number of fused-ring (bicyclic) bond motifs is 6. The van der Waals surface area contributed by atoms with E-state index in [0.717, 1.165) is 12.8 Å². The largest absolute Gasteiger partial charge is 0.216 e. The molecule has 0 radical (unpaired) electrons. The van der Waals surface area contributed by atoms with Crippen molar-refractivity contribution in [2.75, 3.05) is 0 Å². The quantitative estimate of drug-likeness (QED) is 0.192. The van der Waals surface area contributed by atoms with Crippen LogP contribution >= 0.6 is 0 Å². The molecule has 2 heteroatoms. The third-order valence-corrected chi connectivity index (χ3v) is 10.9. The fraction of sp³-hybridized carbons (Fsp3) is 0.317. The third kappa shape index (κ3) is 3.71. The maximum absolute atomic E-state index is 2.66. The molecule has 0 spiro atoms. The first-order chi connectivity index (χ1) is 20.7. The predicted molar refractivity (Wildman–Crippen MR) is 177 cm³/mol. The van der Waals surface area contributed by atoms with Crippen molar-refractivity contribution in [3.63, 3.8) is 0 Å². The Morgan fingerprint density at radius 3 is 2.12 bits per heavy atom. The van der Waals surface area contributed by atoms with Gasteiger partial charge in [0, 0.05) is 42.2 Å². The van der Waals surface area contributed by atoms with Crippen LogP contribution in [0.15, 0.2) is 109 Å². The van der Waals surface area contributed by atoms with Crippen LogP contribution in [-0.4, -0.2) is 0 Å². The second-order valence-corrected chi connectivity index (χ2v) is 13.9. The van der Waals surface area contributed by atoms with E-state index in [2.05, 4.69) is 167 Å². The van der Waals surface area contributed by atoms with Crippen molar-refractivity contribution in [3.8, 4) is 33.6 Å². The van der Waals surface area contributed by atoms with E-state index in [9.17, 15) is 0 Å². The Labute approximate surface area is 257 Å². The van der Waals surface area contributed by atoms with Gasteiger partial charge in [-0.3, -0.25) is 0 Å². The summed E-state index contributed by atoms with van der Waals surface area (Å²) in [7, 11) is 0. The molecule has 43 heavy (non-hydrogen) atoms. The van der Waals surface area contributed by atoms with Crippen LogP contribution in [0.4, 0.5) is 0 Å². The molecule has 0 amide bonds. The highest BCUT2D eigenvalue weighted by Gasteiger charge is 2.68. The second-order valence-electron chi connectivity index (χ2n) is 13.9. The monoisotopic (exact) mass is 564 g/mol. The lowest BCUT2D eigenvalue weighted by Gasteiger charge is -2.49. The van der Waals surface area contributed by atoms with Gasteiger partial charge in [0.2, 0.25) is 17.4 Å². The van der Waals surface area contributed by atoms with Gasteiger partial charge in [0.15, 0.2) is 17.9 Å². The van der Waals surface area contributed by atoms with Crippen LogP contribution < -0.4 is 9.13 Å². The zero-order valence-corrected chi connectivity index (χ0v) is 26.8. The van der Waals surface area contributed by atoms with Crippen molar-refractivity contribution >= 4 is 0 Å². The van der Waals surface area contributed by atoms with Crippen LogP contribution in [0.1, 0.15) is 82.7 Å². The lowest BCUT2D eigenvalue weighted by molar-refractivity contribution is -0.788. The first-order valence-corrected chi connectivity index (χ1v) is 16.0. The molecular weight excluding hydrogens is 520 g/mol. The summed E-state index contributed by atoms with van der Waals surface area (Å²) in [4.78, 5) is 0. The smallest absolute Gasteiger partial charge is 0.192 e. The summed E-state index contributed by atoms with van der Waals surface area (Å²) < 4.78 is 5.30. The van der Waals surface area contributed by atoms with Gasteiger partial charge >= 0.3 is 0 Å². The van der Waals surface area contributed by atoms with Gasteiger partial charge in [-0.2, -0.15) is 9.13 Å². The van der Waals surface area contributed by atoms with E-state index < -0.39 is 0 Å². The Kier molecular flexibility index (Phi) is 6.29. The van der Waals surface area contributed by atoms with Gasteiger partial charge in [0.1, 0.15) is 5.41 Å². The van der Waals surface area contributed by atoms with Gasteiger partial charge < -0.3 is 0 Å². The van der Waals surface area contributed by atoms with E-state index in [1.54, 1.807) is 0 Å². The van der Waals surface area contributed by atoms with Crippen LogP contribution in [0.2, 0.25) is 0 Å². The minimum Gasteiger partial charge on any atom is -0.192 e. The summed E-state index contributed by atoms with van der Waals surface area (Å²) in [6.45, 7) is 16.7. The van der Waals surface area contributed by atoms with E-state index >= 15 is 0 Å². The molecule has 0 saturated heterocycles. The van der Waals surface area contributed by atoms with Crippen LogP contribution in [0.3, 0.4) is 0 Å². The number of aryl methyl sites for hydroxylation is 1. The van der Waals surface area contributed by atoms with E-state index in [-0.39, 0.29) is 22.4 Å². The number of pyridine rings is 2. The molecule has 4 heterocycles. The minimum absolute atomic E-state index is 0.00206. The van der Waals surface area contributed by atoms with Crippen LogP contribution in [0.25, 0.3) is 33.6 Å². The zero-order chi connectivity index (χ0) is 30.1. The van der Waals surface area contributed by atoms with E-state index in [4.69, 9.17) is 0 Å². The molecule has 0 N–H and O–H groups in total. The molecule has 0 bridgehead atoms. The van der Waals surface area contributed by atoms with E-state index in [0.29, 0.717) is 0 Å². The zero-order valence-electron chi connectivity index (χ0n) is 26.8.